The molecule has 0 aliphatic carbocycles. The van der Waals surface area contributed by atoms with Gasteiger partial charge in [0.1, 0.15) is 5.82 Å². The van der Waals surface area contributed by atoms with Gasteiger partial charge >= 0.3 is 0 Å². The zero-order valence-corrected chi connectivity index (χ0v) is 17.2. The van der Waals surface area contributed by atoms with Gasteiger partial charge in [-0.1, -0.05) is 11.6 Å². The van der Waals surface area contributed by atoms with Crippen LogP contribution in [0, 0.1) is 19.7 Å². The maximum atomic E-state index is 13.6. The van der Waals surface area contributed by atoms with Crippen molar-refractivity contribution in [1.29, 1.82) is 0 Å². The summed E-state index contributed by atoms with van der Waals surface area (Å²) in [6.45, 7) is 6.91. The molecule has 4 rings (SSSR count). The fraction of sp³-hybridized carbons (Fsp3) is 0.318. The maximum absolute atomic E-state index is 13.6. The first-order valence-corrected chi connectivity index (χ1v) is 9.89. The Hall–Kier alpha value is -3.26. The van der Waals surface area contributed by atoms with Crippen LogP contribution in [-0.2, 0) is 4.84 Å². The van der Waals surface area contributed by atoms with Gasteiger partial charge in [0.25, 0.3) is 5.91 Å². The van der Waals surface area contributed by atoms with E-state index in [2.05, 4.69) is 10.2 Å². The van der Waals surface area contributed by atoms with E-state index in [9.17, 15) is 9.18 Å². The standard InChI is InChI=1S/C22H24FN5O2/c1-15-4-7-21(28-24-8-9-25-28)19(12-15)22(29)26-10-11-27(30-14-17(26)3)18-5-6-20(23)16(2)13-18/h4-9,12-13,17H,10-11,14H2,1-3H3/t17-/m1/s1. The van der Waals surface area contributed by atoms with Crippen LogP contribution in [0.3, 0.4) is 0 Å². The van der Waals surface area contributed by atoms with Gasteiger partial charge in [0.05, 0.1) is 48.5 Å². The number of carbonyl (C=O) groups is 1. The molecule has 30 heavy (non-hydrogen) atoms. The maximum Gasteiger partial charge on any atom is 0.256 e. The van der Waals surface area contributed by atoms with Crippen LogP contribution in [0.4, 0.5) is 10.1 Å². The number of halogens is 1. The molecule has 0 spiro atoms. The molecule has 0 unspecified atom stereocenters. The van der Waals surface area contributed by atoms with E-state index in [0.717, 1.165) is 11.3 Å². The number of benzene rings is 2. The Morgan fingerprint density at radius 3 is 2.60 bits per heavy atom. The minimum Gasteiger partial charge on any atom is -0.332 e. The summed E-state index contributed by atoms with van der Waals surface area (Å²) in [6, 6.07) is 10.4. The number of rotatable bonds is 3. The molecule has 7 nitrogen and oxygen atoms in total. The van der Waals surface area contributed by atoms with Gasteiger partial charge in [-0.05, 0) is 56.7 Å². The predicted octanol–water partition coefficient (Wildman–Crippen LogP) is 3.31. The van der Waals surface area contributed by atoms with Gasteiger partial charge in [-0.3, -0.25) is 14.7 Å². The van der Waals surface area contributed by atoms with E-state index in [-0.39, 0.29) is 17.8 Å². The van der Waals surface area contributed by atoms with Crippen LogP contribution in [0.1, 0.15) is 28.4 Å². The van der Waals surface area contributed by atoms with Crippen molar-refractivity contribution >= 4 is 11.6 Å². The molecule has 156 valence electrons. The molecule has 1 aliphatic rings. The second-order valence-corrected chi connectivity index (χ2v) is 7.52. The second kappa shape index (κ2) is 8.23. The Bertz CT molecular complexity index is 1050. The van der Waals surface area contributed by atoms with Crippen molar-refractivity contribution in [3.8, 4) is 5.69 Å². The number of hydrogen-bond donors (Lipinski definition) is 0. The number of hydroxylamine groups is 1. The number of nitrogens with zero attached hydrogens (tertiary/aromatic N) is 5. The zero-order valence-electron chi connectivity index (χ0n) is 17.2. The van der Waals surface area contributed by atoms with Gasteiger partial charge in [0.2, 0.25) is 0 Å². The Morgan fingerprint density at radius 2 is 1.87 bits per heavy atom. The molecule has 0 radical (unpaired) electrons. The molecule has 1 aromatic heterocycles. The topological polar surface area (TPSA) is 63.5 Å². The van der Waals surface area contributed by atoms with Crippen molar-refractivity contribution in [2.24, 2.45) is 0 Å². The summed E-state index contributed by atoms with van der Waals surface area (Å²) in [5, 5.41) is 10.1. The number of amides is 1. The van der Waals surface area contributed by atoms with Crippen molar-refractivity contribution in [2.75, 3.05) is 24.8 Å². The molecular weight excluding hydrogens is 385 g/mol. The number of aryl methyl sites for hydroxylation is 2. The lowest BCUT2D eigenvalue weighted by molar-refractivity contribution is 0.0602. The third kappa shape index (κ3) is 3.91. The van der Waals surface area contributed by atoms with E-state index in [1.165, 1.54) is 10.9 Å². The molecule has 1 fully saturated rings. The minimum atomic E-state index is -0.252. The van der Waals surface area contributed by atoms with E-state index in [1.54, 1.807) is 41.4 Å². The monoisotopic (exact) mass is 409 g/mol. The minimum absolute atomic E-state index is 0.0979. The highest BCUT2D eigenvalue weighted by Gasteiger charge is 2.29. The van der Waals surface area contributed by atoms with Gasteiger partial charge in [-0.15, -0.1) is 0 Å². The summed E-state index contributed by atoms with van der Waals surface area (Å²) < 4.78 is 13.6. The summed E-state index contributed by atoms with van der Waals surface area (Å²) in [6.07, 6.45) is 3.16. The Balaban J connectivity index is 1.59. The highest BCUT2D eigenvalue weighted by molar-refractivity contribution is 5.98. The van der Waals surface area contributed by atoms with Crippen LogP contribution in [0.15, 0.2) is 48.8 Å². The third-order valence-corrected chi connectivity index (χ3v) is 5.25. The first kappa shape index (κ1) is 20.0. The zero-order chi connectivity index (χ0) is 21.3. The molecule has 0 N–H and O–H groups in total. The molecule has 0 bridgehead atoms. The Labute approximate surface area is 174 Å². The van der Waals surface area contributed by atoms with Crippen LogP contribution < -0.4 is 5.06 Å². The average Bonchev–Trinajstić information content (AvgIpc) is 3.19. The Kier molecular flexibility index (Phi) is 5.50. The van der Waals surface area contributed by atoms with E-state index < -0.39 is 0 Å². The number of carbonyl (C=O) groups excluding carboxylic acids is 1. The molecule has 1 saturated heterocycles. The van der Waals surface area contributed by atoms with Gasteiger partial charge in [0.15, 0.2) is 0 Å². The van der Waals surface area contributed by atoms with Crippen molar-refractivity contribution in [3.63, 3.8) is 0 Å². The predicted molar refractivity (Wildman–Crippen MR) is 111 cm³/mol. The van der Waals surface area contributed by atoms with Crippen molar-refractivity contribution in [3.05, 3.63) is 71.3 Å². The van der Waals surface area contributed by atoms with Gasteiger partial charge < -0.3 is 4.90 Å². The highest BCUT2D eigenvalue weighted by Crippen LogP contribution is 2.23. The first-order valence-electron chi connectivity index (χ1n) is 9.89. The van der Waals surface area contributed by atoms with Gasteiger partial charge in [-0.2, -0.15) is 15.0 Å². The number of aromatic nitrogens is 3. The van der Waals surface area contributed by atoms with Crippen LogP contribution >= 0.6 is 0 Å². The lowest BCUT2D eigenvalue weighted by Gasteiger charge is -2.26. The highest BCUT2D eigenvalue weighted by atomic mass is 19.1. The SMILES string of the molecule is Cc1ccc(-n2nccn2)c(C(=O)N2CCN(c3ccc(F)c(C)c3)OC[C@H]2C)c1. The van der Waals surface area contributed by atoms with Crippen molar-refractivity contribution in [1.82, 2.24) is 19.9 Å². The molecule has 1 atom stereocenters. The van der Waals surface area contributed by atoms with E-state index in [4.69, 9.17) is 4.84 Å². The van der Waals surface area contributed by atoms with Gasteiger partial charge in [0, 0.05) is 6.54 Å². The summed E-state index contributed by atoms with van der Waals surface area (Å²) >= 11 is 0. The molecule has 3 aromatic rings. The lowest BCUT2D eigenvalue weighted by atomic mass is 10.1. The summed E-state index contributed by atoms with van der Waals surface area (Å²) in [4.78, 5) is 22.7. The van der Waals surface area contributed by atoms with E-state index >= 15 is 0 Å². The van der Waals surface area contributed by atoms with Crippen molar-refractivity contribution < 1.29 is 14.0 Å². The molecule has 2 heterocycles. The molecular formula is C22H24FN5O2. The quantitative estimate of drug-likeness (QED) is 0.664. The summed E-state index contributed by atoms with van der Waals surface area (Å²) in [5.74, 6) is -0.350. The fourth-order valence-electron chi connectivity index (χ4n) is 3.55. The van der Waals surface area contributed by atoms with E-state index in [0.29, 0.717) is 36.5 Å². The van der Waals surface area contributed by atoms with E-state index in [1.807, 2.05) is 32.0 Å². The van der Waals surface area contributed by atoms with Crippen molar-refractivity contribution in [2.45, 2.75) is 26.8 Å². The Morgan fingerprint density at radius 1 is 1.10 bits per heavy atom. The fourth-order valence-corrected chi connectivity index (χ4v) is 3.55. The smallest absolute Gasteiger partial charge is 0.256 e. The normalized spacial score (nSPS) is 17.1. The van der Waals surface area contributed by atoms with Crippen LogP contribution in [-0.4, -0.2) is 51.5 Å². The summed E-state index contributed by atoms with van der Waals surface area (Å²) in [7, 11) is 0. The summed E-state index contributed by atoms with van der Waals surface area (Å²) in [5.41, 5.74) is 3.49. The van der Waals surface area contributed by atoms with Crippen LogP contribution in [0.5, 0.6) is 0 Å². The molecule has 2 aromatic carbocycles. The number of anilines is 1. The lowest BCUT2D eigenvalue weighted by Crippen LogP contribution is -2.41. The molecule has 1 aliphatic heterocycles. The molecule has 1 amide bonds. The molecule has 8 heteroatoms. The molecule has 0 saturated carbocycles. The largest absolute Gasteiger partial charge is 0.332 e. The number of hydrogen-bond acceptors (Lipinski definition) is 5. The van der Waals surface area contributed by atoms with Gasteiger partial charge in [-0.25, -0.2) is 4.39 Å². The third-order valence-electron chi connectivity index (χ3n) is 5.25. The van der Waals surface area contributed by atoms with Crippen LogP contribution in [0.25, 0.3) is 5.69 Å². The second-order valence-electron chi connectivity index (χ2n) is 7.52. The van der Waals surface area contributed by atoms with Crippen LogP contribution in [0.2, 0.25) is 0 Å². The average molecular weight is 409 g/mol. The first-order chi connectivity index (χ1) is 14.4.